The topological polar surface area (TPSA) is 61.8 Å². The SMILES string of the molecule is CC1=C[C@H](O/C=C2\C(=O)O[C@H]3C=CC[C@@H]23)OC1=O. The van der Waals surface area contributed by atoms with Gasteiger partial charge in [-0.05, 0) is 19.4 Å². The van der Waals surface area contributed by atoms with E-state index in [1.807, 2.05) is 12.2 Å². The number of rotatable bonds is 2. The number of ether oxygens (including phenoxy) is 3. The third-order valence-corrected chi connectivity index (χ3v) is 3.25. The lowest BCUT2D eigenvalue weighted by Crippen LogP contribution is -2.12. The van der Waals surface area contributed by atoms with Gasteiger partial charge in [0.2, 0.25) is 0 Å². The number of allylic oxidation sites excluding steroid dienone is 1. The Morgan fingerprint density at radius 1 is 1.33 bits per heavy atom. The van der Waals surface area contributed by atoms with Gasteiger partial charge in [0.1, 0.15) is 6.10 Å². The van der Waals surface area contributed by atoms with Crippen LogP contribution in [0.2, 0.25) is 0 Å². The van der Waals surface area contributed by atoms with E-state index in [1.165, 1.54) is 6.26 Å². The fourth-order valence-corrected chi connectivity index (χ4v) is 2.24. The van der Waals surface area contributed by atoms with Crippen molar-refractivity contribution in [2.45, 2.75) is 25.7 Å². The molecule has 5 nitrogen and oxygen atoms in total. The molecule has 0 saturated carbocycles. The first kappa shape index (κ1) is 11.1. The van der Waals surface area contributed by atoms with Gasteiger partial charge in [0.15, 0.2) is 0 Å². The van der Waals surface area contributed by atoms with E-state index in [4.69, 9.17) is 14.2 Å². The van der Waals surface area contributed by atoms with Crippen LogP contribution in [0.1, 0.15) is 13.3 Å². The Balaban J connectivity index is 1.70. The van der Waals surface area contributed by atoms with Gasteiger partial charge in [-0.25, -0.2) is 9.59 Å². The minimum atomic E-state index is -0.744. The molecule has 0 unspecified atom stereocenters. The highest BCUT2D eigenvalue weighted by molar-refractivity contribution is 5.92. The Bertz CT molecular complexity index is 500. The van der Waals surface area contributed by atoms with Crippen molar-refractivity contribution in [3.8, 4) is 0 Å². The van der Waals surface area contributed by atoms with Crippen molar-refractivity contribution in [1.82, 2.24) is 0 Å². The molecule has 2 heterocycles. The Morgan fingerprint density at radius 3 is 2.89 bits per heavy atom. The standard InChI is InChI=1S/C13H12O5/c1-7-5-11(18-12(7)14)16-6-9-8-3-2-4-10(8)17-13(9)15/h2,4-6,8,10-11H,3H2,1H3/b9-6-/t8-,10-,11+/m0/s1. The van der Waals surface area contributed by atoms with E-state index in [2.05, 4.69) is 0 Å². The average Bonchev–Trinajstić information content (AvgIpc) is 2.94. The minimum absolute atomic E-state index is 0.0275. The van der Waals surface area contributed by atoms with E-state index in [0.29, 0.717) is 11.1 Å². The predicted molar refractivity (Wildman–Crippen MR) is 59.9 cm³/mol. The lowest BCUT2D eigenvalue weighted by Gasteiger charge is -2.09. The molecule has 5 heteroatoms. The predicted octanol–water partition coefficient (Wildman–Crippen LogP) is 1.22. The highest BCUT2D eigenvalue weighted by Gasteiger charge is 2.40. The van der Waals surface area contributed by atoms with Crippen molar-refractivity contribution in [2.24, 2.45) is 5.92 Å². The van der Waals surface area contributed by atoms with Crippen LogP contribution < -0.4 is 0 Å². The minimum Gasteiger partial charge on any atom is -0.458 e. The first-order valence-electron chi connectivity index (χ1n) is 5.78. The summed E-state index contributed by atoms with van der Waals surface area (Å²) in [6.07, 6.45) is 6.64. The maximum atomic E-state index is 11.6. The smallest absolute Gasteiger partial charge is 0.338 e. The van der Waals surface area contributed by atoms with Crippen LogP contribution in [0.5, 0.6) is 0 Å². The van der Waals surface area contributed by atoms with Crippen molar-refractivity contribution in [1.29, 1.82) is 0 Å². The molecular weight excluding hydrogens is 236 g/mol. The van der Waals surface area contributed by atoms with E-state index in [1.54, 1.807) is 13.0 Å². The second-order valence-electron chi connectivity index (χ2n) is 4.47. The van der Waals surface area contributed by atoms with E-state index in [0.717, 1.165) is 6.42 Å². The van der Waals surface area contributed by atoms with Crippen LogP contribution in [-0.4, -0.2) is 24.3 Å². The maximum Gasteiger partial charge on any atom is 0.338 e. The van der Waals surface area contributed by atoms with Gasteiger partial charge in [-0.15, -0.1) is 0 Å². The molecule has 0 aromatic heterocycles. The fourth-order valence-electron chi connectivity index (χ4n) is 2.24. The maximum absolute atomic E-state index is 11.6. The van der Waals surface area contributed by atoms with Gasteiger partial charge in [-0.3, -0.25) is 0 Å². The number of carbonyl (C=O) groups is 2. The molecular formula is C13H12O5. The second kappa shape index (κ2) is 4.01. The van der Waals surface area contributed by atoms with E-state index in [-0.39, 0.29) is 18.0 Å². The summed E-state index contributed by atoms with van der Waals surface area (Å²) in [6.45, 7) is 1.65. The van der Waals surface area contributed by atoms with Gasteiger partial charge in [0.05, 0.1) is 11.8 Å². The third kappa shape index (κ3) is 1.72. The Kier molecular flexibility index (Phi) is 2.47. The monoisotopic (exact) mass is 248 g/mol. The van der Waals surface area contributed by atoms with E-state index in [9.17, 15) is 9.59 Å². The molecule has 0 amide bonds. The molecule has 1 fully saturated rings. The molecule has 1 saturated heterocycles. The van der Waals surface area contributed by atoms with Crippen LogP contribution in [0.3, 0.4) is 0 Å². The zero-order chi connectivity index (χ0) is 12.7. The summed E-state index contributed by atoms with van der Waals surface area (Å²) in [4.78, 5) is 22.7. The van der Waals surface area contributed by atoms with Gasteiger partial charge in [-0.2, -0.15) is 0 Å². The van der Waals surface area contributed by atoms with Crippen molar-refractivity contribution in [3.05, 3.63) is 35.6 Å². The molecule has 3 aliphatic rings. The van der Waals surface area contributed by atoms with Crippen LogP contribution in [0.4, 0.5) is 0 Å². The molecule has 0 radical (unpaired) electrons. The summed E-state index contributed by atoms with van der Waals surface area (Å²) in [7, 11) is 0. The molecule has 0 spiro atoms. The average molecular weight is 248 g/mol. The number of carbonyl (C=O) groups excluding carboxylic acids is 2. The lowest BCUT2D eigenvalue weighted by molar-refractivity contribution is -0.152. The molecule has 0 N–H and O–H groups in total. The Morgan fingerprint density at radius 2 is 2.17 bits per heavy atom. The quantitative estimate of drug-likeness (QED) is 0.318. The molecule has 0 aromatic rings. The summed E-state index contributed by atoms with van der Waals surface area (Å²) in [5, 5.41) is 0. The van der Waals surface area contributed by atoms with E-state index >= 15 is 0 Å². The van der Waals surface area contributed by atoms with Crippen molar-refractivity contribution >= 4 is 11.9 Å². The molecule has 3 atom stereocenters. The van der Waals surface area contributed by atoms with Gasteiger partial charge >= 0.3 is 11.9 Å². The number of hydrogen-bond acceptors (Lipinski definition) is 5. The summed E-state index contributed by atoms with van der Waals surface area (Å²) in [5.41, 5.74) is 1.01. The molecule has 18 heavy (non-hydrogen) atoms. The molecule has 0 bridgehead atoms. The molecule has 2 aliphatic heterocycles. The number of hydrogen-bond donors (Lipinski definition) is 0. The molecule has 0 aromatic carbocycles. The zero-order valence-electron chi connectivity index (χ0n) is 9.79. The zero-order valence-corrected chi connectivity index (χ0v) is 9.79. The molecule has 94 valence electrons. The van der Waals surface area contributed by atoms with Gasteiger partial charge in [0, 0.05) is 17.6 Å². The molecule has 1 aliphatic carbocycles. The van der Waals surface area contributed by atoms with Crippen LogP contribution >= 0.6 is 0 Å². The summed E-state index contributed by atoms with van der Waals surface area (Å²) < 4.78 is 15.4. The fraction of sp³-hybridized carbons (Fsp3) is 0.385. The van der Waals surface area contributed by atoms with Gasteiger partial charge in [0.25, 0.3) is 6.29 Å². The highest BCUT2D eigenvalue weighted by atomic mass is 16.7. The normalized spacial score (nSPS) is 35.5. The number of cyclic esters (lactones) is 1. The van der Waals surface area contributed by atoms with Crippen molar-refractivity contribution < 1.29 is 23.8 Å². The summed E-state index contributed by atoms with van der Waals surface area (Å²) >= 11 is 0. The second-order valence-corrected chi connectivity index (χ2v) is 4.47. The summed E-state index contributed by atoms with van der Waals surface area (Å²) in [6, 6.07) is 0. The molecule has 3 rings (SSSR count). The van der Waals surface area contributed by atoms with Crippen molar-refractivity contribution in [2.75, 3.05) is 0 Å². The Labute approximate surface area is 104 Å². The highest BCUT2D eigenvalue weighted by Crippen LogP contribution is 2.36. The largest absolute Gasteiger partial charge is 0.458 e. The van der Waals surface area contributed by atoms with Crippen LogP contribution in [-0.2, 0) is 23.8 Å². The van der Waals surface area contributed by atoms with Crippen LogP contribution in [0.15, 0.2) is 35.6 Å². The number of esters is 2. The number of fused-ring (bicyclic) bond motifs is 1. The van der Waals surface area contributed by atoms with Crippen LogP contribution in [0, 0.1) is 5.92 Å². The first-order valence-corrected chi connectivity index (χ1v) is 5.78. The van der Waals surface area contributed by atoms with Crippen molar-refractivity contribution in [3.63, 3.8) is 0 Å². The Hall–Kier alpha value is -2.04. The van der Waals surface area contributed by atoms with Gasteiger partial charge in [-0.1, -0.05) is 6.08 Å². The van der Waals surface area contributed by atoms with Crippen LogP contribution in [0.25, 0.3) is 0 Å². The van der Waals surface area contributed by atoms with Gasteiger partial charge < -0.3 is 14.2 Å². The lowest BCUT2D eigenvalue weighted by atomic mass is 9.99. The third-order valence-electron chi connectivity index (χ3n) is 3.25. The summed E-state index contributed by atoms with van der Waals surface area (Å²) in [5.74, 6) is -0.730. The van der Waals surface area contributed by atoms with E-state index < -0.39 is 12.3 Å². The first-order chi connectivity index (χ1) is 8.65.